The minimum Gasteiger partial charge on any atom is -0.311 e. The molecule has 0 saturated heterocycles. The van der Waals surface area contributed by atoms with Gasteiger partial charge in [-0.2, -0.15) is 0 Å². The summed E-state index contributed by atoms with van der Waals surface area (Å²) in [6, 6.07) is 1.61. The Balaban J connectivity index is 1.55. The monoisotopic (exact) mass is 291 g/mol. The van der Waals surface area contributed by atoms with Gasteiger partial charge in [-0.1, -0.05) is 64.2 Å². The van der Waals surface area contributed by atoms with Gasteiger partial charge in [0.1, 0.15) is 0 Å². The SMILES string of the molecule is CC(NC1CCCCC1C1CCCCC1)C1CCCCC1. The molecule has 0 amide bonds. The molecule has 3 rings (SSSR count). The maximum atomic E-state index is 4.14. The molecular weight excluding hydrogens is 254 g/mol. The first-order chi connectivity index (χ1) is 10.3. The lowest BCUT2D eigenvalue weighted by Gasteiger charge is -2.42. The highest BCUT2D eigenvalue weighted by molar-refractivity contribution is 4.89. The van der Waals surface area contributed by atoms with E-state index in [2.05, 4.69) is 12.2 Å². The largest absolute Gasteiger partial charge is 0.311 e. The van der Waals surface area contributed by atoms with E-state index in [0.29, 0.717) is 0 Å². The molecule has 0 heterocycles. The summed E-state index contributed by atoms with van der Waals surface area (Å²) in [4.78, 5) is 0. The van der Waals surface area contributed by atoms with Gasteiger partial charge in [0.15, 0.2) is 0 Å². The Kier molecular flexibility index (Phi) is 6.03. The van der Waals surface area contributed by atoms with E-state index in [9.17, 15) is 0 Å². The van der Waals surface area contributed by atoms with Crippen molar-refractivity contribution in [2.24, 2.45) is 17.8 Å². The van der Waals surface area contributed by atoms with Gasteiger partial charge in [-0.25, -0.2) is 0 Å². The normalized spacial score (nSPS) is 34.7. The highest BCUT2D eigenvalue weighted by Gasteiger charge is 2.34. The van der Waals surface area contributed by atoms with Gasteiger partial charge < -0.3 is 5.32 Å². The van der Waals surface area contributed by atoms with Crippen LogP contribution < -0.4 is 5.32 Å². The van der Waals surface area contributed by atoms with Crippen molar-refractivity contribution in [1.82, 2.24) is 5.32 Å². The zero-order valence-electron chi connectivity index (χ0n) is 14.3. The summed E-state index contributed by atoms with van der Waals surface area (Å²) in [5.74, 6) is 3.02. The topological polar surface area (TPSA) is 12.0 Å². The van der Waals surface area contributed by atoms with Gasteiger partial charge in [-0.3, -0.25) is 0 Å². The lowest BCUT2D eigenvalue weighted by molar-refractivity contribution is 0.130. The van der Waals surface area contributed by atoms with Gasteiger partial charge in [0.25, 0.3) is 0 Å². The summed E-state index contributed by atoms with van der Waals surface area (Å²) in [5.41, 5.74) is 0. The van der Waals surface area contributed by atoms with Crippen molar-refractivity contribution in [3.05, 3.63) is 0 Å². The van der Waals surface area contributed by atoms with Crippen molar-refractivity contribution < 1.29 is 0 Å². The molecule has 0 aromatic rings. The van der Waals surface area contributed by atoms with Crippen LogP contribution in [-0.2, 0) is 0 Å². The molecule has 3 aliphatic carbocycles. The predicted molar refractivity (Wildman–Crippen MR) is 91.5 cm³/mol. The highest BCUT2D eigenvalue weighted by atomic mass is 15.0. The second-order valence-electron chi connectivity index (χ2n) is 8.31. The third-order valence-electron chi connectivity index (χ3n) is 6.91. The standard InChI is InChI=1S/C20H37N/c1-16(17-10-4-2-5-11-17)21-20-15-9-8-14-19(20)18-12-6-3-7-13-18/h16-21H,2-15H2,1H3. The molecule has 1 N–H and O–H groups in total. The average molecular weight is 292 g/mol. The van der Waals surface area contributed by atoms with Crippen molar-refractivity contribution in [2.75, 3.05) is 0 Å². The summed E-state index contributed by atoms with van der Waals surface area (Å²) in [5, 5.41) is 4.14. The van der Waals surface area contributed by atoms with Gasteiger partial charge >= 0.3 is 0 Å². The molecule has 0 spiro atoms. The van der Waals surface area contributed by atoms with E-state index in [1.165, 1.54) is 89.9 Å². The number of nitrogens with one attached hydrogen (secondary N) is 1. The summed E-state index contributed by atoms with van der Waals surface area (Å²) in [7, 11) is 0. The van der Waals surface area contributed by atoms with Crippen LogP contribution >= 0.6 is 0 Å². The second kappa shape index (κ2) is 7.99. The smallest absolute Gasteiger partial charge is 0.0101 e. The van der Waals surface area contributed by atoms with Gasteiger partial charge in [0.2, 0.25) is 0 Å². The first-order valence-corrected chi connectivity index (χ1v) is 10.1. The molecule has 122 valence electrons. The predicted octanol–water partition coefficient (Wildman–Crippen LogP) is 5.68. The zero-order valence-corrected chi connectivity index (χ0v) is 14.3. The third-order valence-corrected chi connectivity index (χ3v) is 6.91. The van der Waals surface area contributed by atoms with E-state index in [-0.39, 0.29) is 0 Å². The van der Waals surface area contributed by atoms with Crippen molar-refractivity contribution in [3.8, 4) is 0 Å². The lowest BCUT2D eigenvalue weighted by Crippen LogP contribution is -2.48. The van der Waals surface area contributed by atoms with Crippen LogP contribution in [0.15, 0.2) is 0 Å². The fraction of sp³-hybridized carbons (Fsp3) is 1.00. The first kappa shape index (κ1) is 15.8. The Labute approximate surface area is 132 Å². The van der Waals surface area contributed by atoms with Gasteiger partial charge in [0, 0.05) is 12.1 Å². The summed E-state index contributed by atoms with van der Waals surface area (Å²) in [6.07, 6.45) is 20.9. The molecule has 1 heteroatoms. The molecule has 0 aliphatic heterocycles. The fourth-order valence-corrected chi connectivity index (χ4v) is 5.60. The fourth-order valence-electron chi connectivity index (χ4n) is 5.60. The quantitative estimate of drug-likeness (QED) is 0.702. The minimum absolute atomic E-state index is 0.763. The molecule has 3 fully saturated rings. The molecule has 0 aromatic heterocycles. The summed E-state index contributed by atoms with van der Waals surface area (Å²) in [6.45, 7) is 2.49. The van der Waals surface area contributed by atoms with E-state index < -0.39 is 0 Å². The van der Waals surface area contributed by atoms with Gasteiger partial charge in [-0.15, -0.1) is 0 Å². The minimum atomic E-state index is 0.763. The zero-order chi connectivity index (χ0) is 14.5. The third kappa shape index (κ3) is 4.24. The van der Waals surface area contributed by atoms with Gasteiger partial charge in [0.05, 0.1) is 0 Å². The first-order valence-electron chi connectivity index (χ1n) is 10.1. The van der Waals surface area contributed by atoms with E-state index in [4.69, 9.17) is 0 Å². The molecule has 3 atom stereocenters. The van der Waals surface area contributed by atoms with Crippen molar-refractivity contribution >= 4 is 0 Å². The number of rotatable bonds is 4. The van der Waals surface area contributed by atoms with Crippen LogP contribution in [0.25, 0.3) is 0 Å². The van der Waals surface area contributed by atoms with Crippen LogP contribution in [0.5, 0.6) is 0 Å². The molecule has 0 bridgehead atoms. The molecule has 21 heavy (non-hydrogen) atoms. The molecule has 0 aromatic carbocycles. The molecular formula is C20H37N. The average Bonchev–Trinajstić information content (AvgIpc) is 2.57. The molecule has 0 radical (unpaired) electrons. The van der Waals surface area contributed by atoms with Crippen LogP contribution in [0.1, 0.15) is 96.8 Å². The molecule has 3 saturated carbocycles. The van der Waals surface area contributed by atoms with Crippen LogP contribution in [0.2, 0.25) is 0 Å². The Morgan fingerprint density at radius 2 is 1.24 bits per heavy atom. The van der Waals surface area contributed by atoms with Crippen LogP contribution in [-0.4, -0.2) is 12.1 Å². The second-order valence-corrected chi connectivity index (χ2v) is 8.31. The lowest BCUT2D eigenvalue weighted by atomic mass is 9.70. The van der Waals surface area contributed by atoms with Crippen LogP contribution in [0, 0.1) is 17.8 Å². The Hall–Kier alpha value is -0.0400. The van der Waals surface area contributed by atoms with E-state index in [1.807, 2.05) is 0 Å². The van der Waals surface area contributed by atoms with E-state index >= 15 is 0 Å². The van der Waals surface area contributed by atoms with E-state index in [0.717, 1.165) is 29.8 Å². The Morgan fingerprint density at radius 1 is 0.667 bits per heavy atom. The highest BCUT2D eigenvalue weighted by Crippen LogP contribution is 2.39. The van der Waals surface area contributed by atoms with Crippen molar-refractivity contribution in [2.45, 2.75) is 109 Å². The molecule has 3 unspecified atom stereocenters. The summed E-state index contributed by atoms with van der Waals surface area (Å²) < 4.78 is 0. The number of hydrogen-bond acceptors (Lipinski definition) is 1. The number of hydrogen-bond donors (Lipinski definition) is 1. The summed E-state index contributed by atoms with van der Waals surface area (Å²) >= 11 is 0. The van der Waals surface area contributed by atoms with Gasteiger partial charge in [-0.05, 0) is 50.4 Å². The Bertz CT molecular complexity index is 288. The maximum Gasteiger partial charge on any atom is 0.0101 e. The van der Waals surface area contributed by atoms with Crippen molar-refractivity contribution in [3.63, 3.8) is 0 Å². The Morgan fingerprint density at radius 3 is 1.95 bits per heavy atom. The van der Waals surface area contributed by atoms with Crippen LogP contribution in [0.4, 0.5) is 0 Å². The van der Waals surface area contributed by atoms with E-state index in [1.54, 1.807) is 0 Å². The molecule has 3 aliphatic rings. The maximum absolute atomic E-state index is 4.14. The van der Waals surface area contributed by atoms with Crippen LogP contribution in [0.3, 0.4) is 0 Å². The van der Waals surface area contributed by atoms with Crippen molar-refractivity contribution in [1.29, 1.82) is 0 Å². The molecule has 1 nitrogen and oxygen atoms in total.